The molecule has 1 amide bonds. The van der Waals surface area contributed by atoms with Gasteiger partial charge in [-0.05, 0) is 43.7 Å². The number of hydrogen-bond acceptors (Lipinski definition) is 5. The van der Waals surface area contributed by atoms with Crippen molar-refractivity contribution in [2.75, 3.05) is 37.2 Å². The summed E-state index contributed by atoms with van der Waals surface area (Å²) in [5, 5.41) is 9.32. The summed E-state index contributed by atoms with van der Waals surface area (Å²) in [6.07, 6.45) is -5.30. The molecule has 1 atom stereocenters. The number of carbonyl (C=O) groups excluding carboxylic acids is 1. The Balaban J connectivity index is 2.06. The number of carbonyl (C=O) groups is 1. The number of morpholine rings is 1. The van der Waals surface area contributed by atoms with Crippen LogP contribution in [0.1, 0.15) is 16.7 Å². The number of hydrogen-bond donors (Lipinski definition) is 1. The van der Waals surface area contributed by atoms with Gasteiger partial charge in [0, 0.05) is 13.1 Å². The lowest BCUT2D eigenvalue weighted by Gasteiger charge is -2.34. The zero-order chi connectivity index (χ0) is 24.4. The fourth-order valence-corrected chi connectivity index (χ4v) is 4.94. The second-order valence-electron chi connectivity index (χ2n) is 7.84. The highest BCUT2D eigenvalue weighted by Crippen LogP contribution is 2.35. The lowest BCUT2D eigenvalue weighted by Crippen LogP contribution is -2.50. The van der Waals surface area contributed by atoms with Gasteiger partial charge in [0.2, 0.25) is 5.91 Å². The molecule has 33 heavy (non-hydrogen) atoms. The van der Waals surface area contributed by atoms with E-state index in [9.17, 15) is 31.5 Å². The van der Waals surface area contributed by atoms with E-state index in [1.54, 1.807) is 19.1 Å². The number of benzene rings is 2. The third kappa shape index (κ3) is 5.66. The molecule has 1 aliphatic heterocycles. The van der Waals surface area contributed by atoms with E-state index in [1.165, 1.54) is 30.0 Å². The summed E-state index contributed by atoms with van der Waals surface area (Å²) >= 11 is 0. The summed E-state index contributed by atoms with van der Waals surface area (Å²) in [4.78, 5) is 14.2. The van der Waals surface area contributed by atoms with Crippen LogP contribution in [-0.2, 0) is 25.7 Å². The second kappa shape index (κ2) is 9.70. The minimum absolute atomic E-state index is 0.0509. The summed E-state index contributed by atoms with van der Waals surface area (Å²) in [6, 6.07) is 8.62. The molecule has 180 valence electrons. The van der Waals surface area contributed by atoms with Gasteiger partial charge in [-0.2, -0.15) is 13.2 Å². The van der Waals surface area contributed by atoms with Gasteiger partial charge >= 0.3 is 6.18 Å². The maximum absolute atomic E-state index is 13.5. The molecule has 0 aliphatic carbocycles. The van der Waals surface area contributed by atoms with E-state index in [-0.39, 0.29) is 42.4 Å². The van der Waals surface area contributed by atoms with Gasteiger partial charge in [0.1, 0.15) is 6.54 Å². The standard InChI is InChI=1S/C22H25F3N2O5S/c1-15-3-7-19(8-4-15)33(30,31)27(13-21(29)26-9-10-32-18(12-26)14-28)20-11-17(22(23,24)25)6-5-16(20)2/h3-8,11,18,28H,9-10,12-14H2,1-2H3. The molecule has 1 N–H and O–H groups in total. The van der Waals surface area contributed by atoms with Gasteiger partial charge in [-0.1, -0.05) is 23.8 Å². The van der Waals surface area contributed by atoms with Gasteiger partial charge in [0.25, 0.3) is 10.0 Å². The average molecular weight is 487 g/mol. The van der Waals surface area contributed by atoms with Crippen molar-refractivity contribution in [1.82, 2.24) is 4.90 Å². The molecule has 1 unspecified atom stereocenters. The topological polar surface area (TPSA) is 87.2 Å². The Bertz CT molecular complexity index is 1100. The molecule has 1 aliphatic rings. The number of aryl methyl sites for hydroxylation is 2. The van der Waals surface area contributed by atoms with Crippen LogP contribution in [0.3, 0.4) is 0 Å². The second-order valence-corrected chi connectivity index (χ2v) is 9.70. The van der Waals surface area contributed by atoms with E-state index in [0.717, 1.165) is 17.7 Å². The SMILES string of the molecule is Cc1ccc(S(=O)(=O)N(CC(=O)N2CCOC(CO)C2)c2cc(C(F)(F)F)ccc2C)cc1. The third-order valence-corrected chi connectivity index (χ3v) is 7.16. The van der Waals surface area contributed by atoms with Crippen LogP contribution in [0.2, 0.25) is 0 Å². The van der Waals surface area contributed by atoms with E-state index < -0.39 is 40.3 Å². The molecule has 3 rings (SSSR count). The van der Waals surface area contributed by atoms with Crippen molar-refractivity contribution in [3.05, 3.63) is 59.2 Å². The van der Waals surface area contributed by atoms with Crippen molar-refractivity contribution in [2.45, 2.75) is 31.0 Å². The molecule has 0 spiro atoms. The first-order valence-electron chi connectivity index (χ1n) is 10.2. The molecule has 0 aromatic heterocycles. The molecule has 0 saturated carbocycles. The molecule has 2 aromatic carbocycles. The number of aliphatic hydroxyl groups is 1. The van der Waals surface area contributed by atoms with Crippen molar-refractivity contribution in [3.8, 4) is 0 Å². The molecule has 2 aromatic rings. The number of anilines is 1. The van der Waals surface area contributed by atoms with Gasteiger partial charge in [-0.3, -0.25) is 9.10 Å². The lowest BCUT2D eigenvalue weighted by atomic mass is 10.1. The van der Waals surface area contributed by atoms with Crippen LogP contribution in [0.5, 0.6) is 0 Å². The largest absolute Gasteiger partial charge is 0.416 e. The molecular formula is C22H25F3N2O5S. The van der Waals surface area contributed by atoms with Crippen molar-refractivity contribution >= 4 is 21.6 Å². The van der Waals surface area contributed by atoms with Crippen LogP contribution < -0.4 is 4.31 Å². The molecule has 0 radical (unpaired) electrons. The molecule has 11 heteroatoms. The Kier molecular flexibility index (Phi) is 7.35. The first-order chi connectivity index (χ1) is 15.4. The highest BCUT2D eigenvalue weighted by Gasteiger charge is 2.35. The van der Waals surface area contributed by atoms with Crippen LogP contribution in [0.4, 0.5) is 18.9 Å². The number of rotatable bonds is 6. The lowest BCUT2D eigenvalue weighted by molar-refractivity contribution is -0.138. The van der Waals surface area contributed by atoms with Crippen LogP contribution >= 0.6 is 0 Å². The maximum Gasteiger partial charge on any atom is 0.416 e. The highest BCUT2D eigenvalue weighted by molar-refractivity contribution is 7.92. The van der Waals surface area contributed by atoms with E-state index in [2.05, 4.69) is 0 Å². The zero-order valence-electron chi connectivity index (χ0n) is 18.2. The number of nitrogens with zero attached hydrogens (tertiary/aromatic N) is 2. The summed E-state index contributed by atoms with van der Waals surface area (Å²) < 4.78 is 73.2. The minimum Gasteiger partial charge on any atom is -0.394 e. The predicted octanol–water partition coefficient (Wildman–Crippen LogP) is 2.74. The smallest absolute Gasteiger partial charge is 0.394 e. The van der Waals surface area contributed by atoms with Crippen LogP contribution in [-0.4, -0.2) is 63.3 Å². The van der Waals surface area contributed by atoms with Crippen molar-refractivity contribution in [2.24, 2.45) is 0 Å². The molecule has 7 nitrogen and oxygen atoms in total. The Morgan fingerprint density at radius 1 is 1.18 bits per heavy atom. The van der Waals surface area contributed by atoms with Crippen LogP contribution in [0.25, 0.3) is 0 Å². The fraction of sp³-hybridized carbons (Fsp3) is 0.409. The zero-order valence-corrected chi connectivity index (χ0v) is 19.0. The van der Waals surface area contributed by atoms with Gasteiger partial charge in [0.15, 0.2) is 0 Å². The quantitative estimate of drug-likeness (QED) is 0.679. The number of amides is 1. The number of sulfonamides is 1. The van der Waals surface area contributed by atoms with Crippen molar-refractivity contribution < 1.29 is 36.2 Å². The van der Waals surface area contributed by atoms with Crippen LogP contribution in [0, 0.1) is 13.8 Å². The fourth-order valence-electron chi connectivity index (χ4n) is 3.47. The van der Waals surface area contributed by atoms with Crippen molar-refractivity contribution in [3.63, 3.8) is 0 Å². The Hall–Kier alpha value is -2.63. The van der Waals surface area contributed by atoms with Gasteiger partial charge in [-0.25, -0.2) is 8.42 Å². The average Bonchev–Trinajstić information content (AvgIpc) is 2.77. The molecule has 1 heterocycles. The molecule has 0 bridgehead atoms. The third-order valence-electron chi connectivity index (χ3n) is 5.39. The van der Waals surface area contributed by atoms with E-state index in [1.807, 2.05) is 0 Å². The summed E-state index contributed by atoms with van der Waals surface area (Å²) in [5.41, 5.74) is -0.186. The van der Waals surface area contributed by atoms with E-state index in [4.69, 9.17) is 4.74 Å². The number of ether oxygens (including phenoxy) is 1. The maximum atomic E-state index is 13.5. The Labute approximate surface area is 190 Å². The predicted molar refractivity (Wildman–Crippen MR) is 115 cm³/mol. The first kappa shape index (κ1) is 25.0. The number of aliphatic hydroxyl groups excluding tert-OH is 1. The number of alkyl halides is 3. The summed E-state index contributed by atoms with van der Waals surface area (Å²) in [5.74, 6) is -0.607. The Morgan fingerprint density at radius 2 is 1.85 bits per heavy atom. The normalized spacial score (nSPS) is 17.2. The Morgan fingerprint density at radius 3 is 2.45 bits per heavy atom. The molecular weight excluding hydrogens is 461 g/mol. The van der Waals surface area contributed by atoms with E-state index in [0.29, 0.717) is 4.31 Å². The number of halogens is 3. The monoisotopic (exact) mass is 486 g/mol. The highest BCUT2D eigenvalue weighted by atomic mass is 32.2. The van der Waals surface area contributed by atoms with E-state index >= 15 is 0 Å². The summed E-state index contributed by atoms with van der Waals surface area (Å²) in [7, 11) is -4.37. The summed E-state index contributed by atoms with van der Waals surface area (Å²) in [6.45, 7) is 2.62. The minimum atomic E-state index is -4.69. The van der Waals surface area contributed by atoms with Crippen LogP contribution in [0.15, 0.2) is 47.4 Å². The molecule has 1 fully saturated rings. The first-order valence-corrected chi connectivity index (χ1v) is 11.6. The van der Waals surface area contributed by atoms with Gasteiger partial charge in [0.05, 0.1) is 35.5 Å². The molecule has 1 saturated heterocycles. The van der Waals surface area contributed by atoms with Gasteiger partial charge < -0.3 is 14.7 Å². The van der Waals surface area contributed by atoms with Crippen molar-refractivity contribution in [1.29, 1.82) is 0 Å². The van der Waals surface area contributed by atoms with Gasteiger partial charge in [-0.15, -0.1) is 0 Å².